The summed E-state index contributed by atoms with van der Waals surface area (Å²) in [5.41, 5.74) is -0.417. The summed E-state index contributed by atoms with van der Waals surface area (Å²) in [6.07, 6.45) is -0.582. The van der Waals surface area contributed by atoms with Crippen molar-refractivity contribution < 1.29 is 23.8 Å². The molecular weight excluding hydrogens is 322 g/mol. The van der Waals surface area contributed by atoms with E-state index in [1.807, 2.05) is 0 Å². The maximum absolute atomic E-state index is 11.8. The number of carbonyl (C=O) groups excluding carboxylic acids is 1. The largest absolute Gasteiger partial charge is 0.478 e. The Balaban J connectivity index is 2.28. The molecule has 2 aromatic rings. The first-order chi connectivity index (χ1) is 10.6. The van der Waals surface area contributed by atoms with Crippen molar-refractivity contribution in [1.82, 2.24) is 5.32 Å². The number of carbonyl (C=O) groups is 2. The molecule has 0 fully saturated rings. The second-order valence-corrected chi connectivity index (χ2v) is 6.63. The third-order valence-electron chi connectivity index (χ3n) is 2.99. The van der Waals surface area contributed by atoms with Gasteiger partial charge in [-0.2, -0.15) is 0 Å². The number of aromatic carboxylic acids is 1. The van der Waals surface area contributed by atoms with Gasteiger partial charge in [0.15, 0.2) is 0 Å². The standard InChI is InChI=1S/C16H18ClNO5/c1-8(18-15(21)23-16(2,3)4)12-6-9-5-10(17)7-11(14(19)20)13(9)22-12/h5-8H,1-4H3,(H,18,21)(H,19,20)/t8-/m0/s1. The van der Waals surface area contributed by atoms with Crippen LogP contribution in [-0.4, -0.2) is 22.8 Å². The Hall–Kier alpha value is -2.21. The molecule has 0 radical (unpaired) electrons. The Morgan fingerprint density at radius 3 is 2.52 bits per heavy atom. The molecule has 0 saturated carbocycles. The molecule has 0 aliphatic heterocycles. The van der Waals surface area contributed by atoms with Gasteiger partial charge in [-0.05, 0) is 45.9 Å². The van der Waals surface area contributed by atoms with Gasteiger partial charge in [-0.25, -0.2) is 9.59 Å². The van der Waals surface area contributed by atoms with E-state index >= 15 is 0 Å². The molecule has 0 bridgehead atoms. The van der Waals surface area contributed by atoms with Crippen LogP contribution < -0.4 is 5.32 Å². The topological polar surface area (TPSA) is 88.8 Å². The Morgan fingerprint density at radius 2 is 1.96 bits per heavy atom. The molecule has 124 valence electrons. The van der Waals surface area contributed by atoms with Crippen molar-refractivity contribution in [2.24, 2.45) is 0 Å². The number of hydrogen-bond donors (Lipinski definition) is 2. The van der Waals surface area contributed by atoms with E-state index in [9.17, 15) is 14.7 Å². The highest BCUT2D eigenvalue weighted by molar-refractivity contribution is 6.32. The summed E-state index contributed by atoms with van der Waals surface area (Å²) >= 11 is 5.92. The molecule has 1 aromatic carbocycles. The summed E-state index contributed by atoms with van der Waals surface area (Å²) < 4.78 is 10.8. The molecule has 0 aliphatic carbocycles. The average Bonchev–Trinajstić information content (AvgIpc) is 2.78. The van der Waals surface area contributed by atoms with Crippen LogP contribution in [0.4, 0.5) is 4.79 Å². The summed E-state index contributed by atoms with van der Waals surface area (Å²) in [7, 11) is 0. The third kappa shape index (κ3) is 4.16. The fourth-order valence-electron chi connectivity index (χ4n) is 2.06. The van der Waals surface area contributed by atoms with Gasteiger partial charge in [0, 0.05) is 10.4 Å². The minimum absolute atomic E-state index is 0.0248. The summed E-state index contributed by atoms with van der Waals surface area (Å²) in [5, 5.41) is 12.7. The molecule has 6 nitrogen and oxygen atoms in total. The summed E-state index contributed by atoms with van der Waals surface area (Å²) in [4.78, 5) is 23.1. The van der Waals surface area contributed by atoms with Crippen LogP contribution in [0.2, 0.25) is 5.02 Å². The molecule has 1 atom stereocenters. The maximum Gasteiger partial charge on any atom is 0.408 e. The quantitative estimate of drug-likeness (QED) is 0.866. The van der Waals surface area contributed by atoms with Crippen LogP contribution in [0.15, 0.2) is 22.6 Å². The van der Waals surface area contributed by atoms with Gasteiger partial charge >= 0.3 is 12.1 Å². The minimum atomic E-state index is -1.13. The van der Waals surface area contributed by atoms with Gasteiger partial charge in [0.25, 0.3) is 0 Å². The lowest BCUT2D eigenvalue weighted by atomic mass is 10.1. The van der Waals surface area contributed by atoms with Gasteiger partial charge in [0.1, 0.15) is 22.5 Å². The summed E-state index contributed by atoms with van der Waals surface area (Å²) in [5.74, 6) is -0.721. The van der Waals surface area contributed by atoms with Crippen molar-refractivity contribution in [2.75, 3.05) is 0 Å². The van der Waals surface area contributed by atoms with E-state index in [4.69, 9.17) is 20.8 Å². The lowest BCUT2D eigenvalue weighted by Crippen LogP contribution is -2.33. The number of halogens is 1. The molecular formula is C16H18ClNO5. The van der Waals surface area contributed by atoms with Crippen LogP contribution in [0, 0.1) is 0 Å². The van der Waals surface area contributed by atoms with Gasteiger partial charge in [-0.3, -0.25) is 0 Å². The Kier molecular flexibility index (Phi) is 4.56. The smallest absolute Gasteiger partial charge is 0.408 e. The van der Waals surface area contributed by atoms with Crippen molar-refractivity contribution in [3.05, 3.63) is 34.5 Å². The molecule has 7 heteroatoms. The minimum Gasteiger partial charge on any atom is -0.478 e. The van der Waals surface area contributed by atoms with E-state index in [0.29, 0.717) is 16.2 Å². The zero-order valence-corrected chi connectivity index (χ0v) is 14.0. The second-order valence-electron chi connectivity index (χ2n) is 6.19. The number of hydrogen-bond acceptors (Lipinski definition) is 4. The molecule has 0 spiro atoms. The zero-order valence-electron chi connectivity index (χ0n) is 13.3. The zero-order chi connectivity index (χ0) is 17.4. The fraction of sp³-hybridized carbons (Fsp3) is 0.375. The maximum atomic E-state index is 11.8. The van der Waals surface area contributed by atoms with Crippen molar-refractivity contribution in [3.8, 4) is 0 Å². The number of ether oxygens (including phenoxy) is 1. The fourth-order valence-corrected chi connectivity index (χ4v) is 2.29. The molecule has 0 unspecified atom stereocenters. The monoisotopic (exact) mass is 339 g/mol. The lowest BCUT2D eigenvalue weighted by Gasteiger charge is -2.21. The van der Waals surface area contributed by atoms with E-state index in [-0.39, 0.29) is 11.1 Å². The Morgan fingerprint density at radius 1 is 1.30 bits per heavy atom. The summed E-state index contributed by atoms with van der Waals surface area (Å²) in [6.45, 7) is 7.00. The average molecular weight is 340 g/mol. The highest BCUT2D eigenvalue weighted by Crippen LogP contribution is 2.30. The highest BCUT2D eigenvalue weighted by atomic mass is 35.5. The number of amides is 1. The van der Waals surface area contributed by atoms with Gasteiger partial charge in [-0.15, -0.1) is 0 Å². The number of fused-ring (bicyclic) bond motifs is 1. The molecule has 2 rings (SSSR count). The van der Waals surface area contributed by atoms with Crippen LogP contribution in [0.3, 0.4) is 0 Å². The molecule has 1 amide bonds. The van der Waals surface area contributed by atoms with Crippen molar-refractivity contribution in [3.63, 3.8) is 0 Å². The Bertz CT molecular complexity index is 760. The normalized spacial score (nSPS) is 12.9. The summed E-state index contributed by atoms with van der Waals surface area (Å²) in [6, 6.07) is 4.09. The van der Waals surface area contributed by atoms with Crippen molar-refractivity contribution >= 4 is 34.6 Å². The van der Waals surface area contributed by atoms with Crippen LogP contribution in [0.1, 0.15) is 49.9 Å². The third-order valence-corrected chi connectivity index (χ3v) is 3.21. The van der Waals surface area contributed by atoms with Gasteiger partial charge in [0.2, 0.25) is 0 Å². The van der Waals surface area contributed by atoms with Gasteiger partial charge in [-0.1, -0.05) is 11.6 Å². The highest BCUT2D eigenvalue weighted by Gasteiger charge is 2.21. The number of benzene rings is 1. The van der Waals surface area contributed by atoms with Crippen LogP contribution >= 0.6 is 11.6 Å². The second kappa shape index (κ2) is 6.12. The van der Waals surface area contributed by atoms with Crippen LogP contribution in [0.25, 0.3) is 11.0 Å². The van der Waals surface area contributed by atoms with Gasteiger partial charge < -0.3 is 19.6 Å². The van der Waals surface area contributed by atoms with Gasteiger partial charge in [0.05, 0.1) is 6.04 Å². The van der Waals surface area contributed by atoms with E-state index < -0.39 is 23.7 Å². The molecule has 0 aliphatic rings. The van der Waals surface area contributed by atoms with E-state index in [1.165, 1.54) is 6.07 Å². The number of furan rings is 1. The first-order valence-electron chi connectivity index (χ1n) is 7.02. The van der Waals surface area contributed by atoms with Crippen molar-refractivity contribution in [1.29, 1.82) is 0 Å². The lowest BCUT2D eigenvalue weighted by molar-refractivity contribution is 0.0501. The number of carboxylic acid groups (broad SMARTS) is 1. The number of rotatable bonds is 3. The van der Waals surface area contributed by atoms with E-state index in [0.717, 1.165) is 0 Å². The number of nitrogens with one attached hydrogen (secondary N) is 1. The predicted octanol–water partition coefficient (Wildman–Crippen LogP) is 4.37. The number of alkyl carbamates (subject to hydrolysis) is 1. The molecule has 0 saturated heterocycles. The first kappa shape index (κ1) is 17.1. The SMILES string of the molecule is C[C@H](NC(=O)OC(C)(C)C)c1cc2cc(Cl)cc(C(=O)O)c2o1. The molecule has 2 N–H and O–H groups in total. The van der Waals surface area contributed by atoms with E-state index in [1.54, 1.807) is 39.8 Å². The number of carboxylic acids is 1. The van der Waals surface area contributed by atoms with Crippen molar-refractivity contribution in [2.45, 2.75) is 39.3 Å². The molecule has 1 aromatic heterocycles. The van der Waals surface area contributed by atoms with Crippen LogP contribution in [-0.2, 0) is 4.74 Å². The molecule has 23 heavy (non-hydrogen) atoms. The first-order valence-corrected chi connectivity index (χ1v) is 7.40. The Labute approximate surface area is 138 Å². The molecule has 1 heterocycles. The van der Waals surface area contributed by atoms with E-state index in [2.05, 4.69) is 5.32 Å². The predicted molar refractivity (Wildman–Crippen MR) is 86.0 cm³/mol. The van der Waals surface area contributed by atoms with Crippen LogP contribution in [0.5, 0.6) is 0 Å².